The van der Waals surface area contributed by atoms with Crippen LogP contribution in [0.4, 0.5) is 0 Å². The number of hydrogen-bond acceptors (Lipinski definition) is 2. The lowest BCUT2D eigenvalue weighted by molar-refractivity contribution is 1.00. The van der Waals surface area contributed by atoms with Crippen LogP contribution in [-0.4, -0.2) is 10.2 Å². The molecule has 0 aliphatic rings. The molecule has 0 saturated heterocycles. The molecule has 1 heterocycles. The van der Waals surface area contributed by atoms with Crippen LogP contribution in [0.25, 0.3) is 21.5 Å². The number of nitrogens with zero attached hydrogens (tertiary/aromatic N) is 2. The normalized spacial score (nSPS) is 11.0. The fraction of sp³-hybridized carbons (Fsp3) is 0.0769. The number of benzene rings is 2. The van der Waals surface area contributed by atoms with Gasteiger partial charge in [-0.15, -0.1) is 0 Å². The lowest BCUT2D eigenvalue weighted by Crippen LogP contribution is -1.88. The number of aromatic nitrogens is 2. The summed E-state index contributed by atoms with van der Waals surface area (Å²) in [5.74, 6) is 0. The number of rotatable bonds is 0. The van der Waals surface area contributed by atoms with E-state index in [2.05, 4.69) is 46.6 Å². The monoisotopic (exact) mass is 194 g/mol. The van der Waals surface area contributed by atoms with Crippen LogP contribution in [-0.2, 0) is 0 Å². The SMILES string of the molecule is Cc1nncc2c1ccc1ccccc12. The molecule has 3 rings (SSSR count). The highest BCUT2D eigenvalue weighted by Gasteiger charge is 2.02. The van der Waals surface area contributed by atoms with Gasteiger partial charge in [-0.25, -0.2) is 0 Å². The Labute approximate surface area is 87.6 Å². The van der Waals surface area contributed by atoms with E-state index in [0.29, 0.717) is 0 Å². The summed E-state index contributed by atoms with van der Waals surface area (Å²) < 4.78 is 0. The zero-order valence-electron chi connectivity index (χ0n) is 8.44. The van der Waals surface area contributed by atoms with Gasteiger partial charge >= 0.3 is 0 Å². The Balaban J connectivity index is 2.60. The first-order chi connectivity index (χ1) is 7.36. The molecule has 0 radical (unpaired) electrons. The quantitative estimate of drug-likeness (QED) is 0.514. The maximum atomic E-state index is 4.06. The molecule has 0 aliphatic carbocycles. The van der Waals surface area contributed by atoms with Crippen LogP contribution in [0.3, 0.4) is 0 Å². The lowest BCUT2D eigenvalue weighted by atomic mass is 10.0. The van der Waals surface area contributed by atoms with Gasteiger partial charge in [-0.05, 0) is 17.7 Å². The Morgan fingerprint density at radius 1 is 0.867 bits per heavy atom. The molecule has 0 aliphatic heterocycles. The molecular weight excluding hydrogens is 184 g/mol. The van der Waals surface area contributed by atoms with Crippen LogP contribution in [0.2, 0.25) is 0 Å². The molecule has 2 nitrogen and oxygen atoms in total. The highest BCUT2D eigenvalue weighted by Crippen LogP contribution is 2.25. The van der Waals surface area contributed by atoms with Crippen LogP contribution in [0.15, 0.2) is 42.6 Å². The highest BCUT2D eigenvalue weighted by atomic mass is 15.1. The van der Waals surface area contributed by atoms with Gasteiger partial charge in [-0.1, -0.05) is 36.4 Å². The van der Waals surface area contributed by atoms with Crippen molar-refractivity contribution in [2.45, 2.75) is 6.92 Å². The van der Waals surface area contributed by atoms with E-state index in [1.165, 1.54) is 21.5 Å². The summed E-state index contributed by atoms with van der Waals surface area (Å²) in [5.41, 5.74) is 0.984. The van der Waals surface area contributed by atoms with Crippen molar-refractivity contribution in [3.63, 3.8) is 0 Å². The smallest absolute Gasteiger partial charge is 0.0678 e. The van der Waals surface area contributed by atoms with Gasteiger partial charge in [0.2, 0.25) is 0 Å². The summed E-state index contributed by atoms with van der Waals surface area (Å²) in [7, 11) is 0. The molecule has 0 unspecified atom stereocenters. The summed E-state index contributed by atoms with van der Waals surface area (Å²) in [5, 5.41) is 12.9. The van der Waals surface area contributed by atoms with Crippen molar-refractivity contribution in [2.24, 2.45) is 0 Å². The molecule has 72 valence electrons. The summed E-state index contributed by atoms with van der Waals surface area (Å²) in [4.78, 5) is 0. The van der Waals surface area contributed by atoms with Gasteiger partial charge in [-0.2, -0.15) is 10.2 Å². The van der Waals surface area contributed by atoms with Crippen molar-refractivity contribution >= 4 is 21.5 Å². The van der Waals surface area contributed by atoms with Crippen LogP contribution in [0.1, 0.15) is 5.69 Å². The molecule has 0 N–H and O–H groups in total. The third kappa shape index (κ3) is 1.18. The molecule has 0 bridgehead atoms. The molecule has 0 spiro atoms. The van der Waals surface area contributed by atoms with Crippen LogP contribution < -0.4 is 0 Å². The predicted molar refractivity (Wildman–Crippen MR) is 61.8 cm³/mol. The maximum Gasteiger partial charge on any atom is 0.0678 e. The Bertz CT molecular complexity index is 644. The van der Waals surface area contributed by atoms with Gasteiger partial charge in [0, 0.05) is 10.8 Å². The van der Waals surface area contributed by atoms with Crippen LogP contribution in [0, 0.1) is 6.92 Å². The fourth-order valence-electron chi connectivity index (χ4n) is 1.98. The lowest BCUT2D eigenvalue weighted by Gasteiger charge is -2.03. The summed E-state index contributed by atoms with van der Waals surface area (Å²) in [6.07, 6.45) is 1.84. The number of fused-ring (bicyclic) bond motifs is 3. The third-order valence-corrected chi connectivity index (χ3v) is 2.76. The summed E-state index contributed by atoms with van der Waals surface area (Å²) in [6.45, 7) is 1.99. The van der Waals surface area contributed by atoms with Crippen molar-refractivity contribution in [1.29, 1.82) is 0 Å². The average molecular weight is 194 g/mol. The van der Waals surface area contributed by atoms with E-state index >= 15 is 0 Å². The van der Waals surface area contributed by atoms with Gasteiger partial charge in [0.05, 0.1) is 11.9 Å². The van der Waals surface area contributed by atoms with E-state index in [-0.39, 0.29) is 0 Å². The molecule has 0 atom stereocenters. The average Bonchev–Trinajstić information content (AvgIpc) is 2.29. The first-order valence-corrected chi connectivity index (χ1v) is 4.96. The fourth-order valence-corrected chi connectivity index (χ4v) is 1.98. The van der Waals surface area contributed by atoms with Gasteiger partial charge in [-0.3, -0.25) is 0 Å². The zero-order chi connectivity index (χ0) is 10.3. The molecule has 15 heavy (non-hydrogen) atoms. The molecule has 2 heteroatoms. The number of aryl methyl sites for hydroxylation is 1. The minimum atomic E-state index is 0.984. The minimum absolute atomic E-state index is 0.984. The molecule has 0 saturated carbocycles. The van der Waals surface area contributed by atoms with Crippen molar-refractivity contribution < 1.29 is 0 Å². The highest BCUT2D eigenvalue weighted by molar-refractivity contribution is 6.07. The van der Waals surface area contributed by atoms with Gasteiger partial charge < -0.3 is 0 Å². The molecular formula is C13H10N2. The standard InChI is InChI=1S/C13H10N2/c1-9-11-7-6-10-4-2-3-5-12(10)13(11)8-14-15-9/h2-8H,1H3. The second-order valence-corrected chi connectivity index (χ2v) is 3.68. The number of hydrogen-bond donors (Lipinski definition) is 0. The maximum absolute atomic E-state index is 4.06. The van der Waals surface area contributed by atoms with Crippen molar-refractivity contribution in [2.75, 3.05) is 0 Å². The topological polar surface area (TPSA) is 25.8 Å². The second-order valence-electron chi connectivity index (χ2n) is 3.68. The molecule has 1 aromatic heterocycles. The summed E-state index contributed by atoms with van der Waals surface area (Å²) in [6, 6.07) is 12.6. The van der Waals surface area contributed by atoms with Crippen LogP contribution >= 0.6 is 0 Å². The van der Waals surface area contributed by atoms with Gasteiger partial charge in [0.25, 0.3) is 0 Å². The minimum Gasteiger partial charge on any atom is -0.158 e. The largest absolute Gasteiger partial charge is 0.158 e. The first-order valence-electron chi connectivity index (χ1n) is 4.96. The van der Waals surface area contributed by atoms with Crippen molar-refractivity contribution in [3.05, 3.63) is 48.3 Å². The zero-order valence-corrected chi connectivity index (χ0v) is 8.44. The Kier molecular flexibility index (Phi) is 1.68. The summed E-state index contributed by atoms with van der Waals surface area (Å²) >= 11 is 0. The van der Waals surface area contributed by atoms with Crippen LogP contribution in [0.5, 0.6) is 0 Å². The predicted octanol–water partition coefficient (Wildman–Crippen LogP) is 3.09. The van der Waals surface area contributed by atoms with E-state index in [4.69, 9.17) is 0 Å². The van der Waals surface area contributed by atoms with Crippen molar-refractivity contribution in [3.8, 4) is 0 Å². The Morgan fingerprint density at radius 3 is 2.67 bits per heavy atom. The molecule has 2 aromatic carbocycles. The first kappa shape index (κ1) is 8.36. The van der Waals surface area contributed by atoms with E-state index in [9.17, 15) is 0 Å². The molecule has 0 amide bonds. The van der Waals surface area contributed by atoms with E-state index in [1.54, 1.807) is 0 Å². The Hall–Kier alpha value is -1.96. The molecule has 0 fully saturated rings. The second kappa shape index (κ2) is 3.02. The van der Waals surface area contributed by atoms with E-state index in [0.717, 1.165) is 5.69 Å². The van der Waals surface area contributed by atoms with Crippen molar-refractivity contribution in [1.82, 2.24) is 10.2 Å². The third-order valence-electron chi connectivity index (χ3n) is 2.76. The molecule has 3 aromatic rings. The van der Waals surface area contributed by atoms with E-state index in [1.807, 2.05) is 13.1 Å². The van der Waals surface area contributed by atoms with E-state index < -0.39 is 0 Å². The van der Waals surface area contributed by atoms with Gasteiger partial charge in [0.1, 0.15) is 0 Å². The van der Waals surface area contributed by atoms with Gasteiger partial charge in [0.15, 0.2) is 0 Å². The Morgan fingerprint density at radius 2 is 1.73 bits per heavy atom.